The average Bonchev–Trinajstić information content (AvgIpc) is 2.69. The largest absolute Gasteiger partial charge is 0.444 e. The van der Waals surface area contributed by atoms with Crippen LogP contribution in [0.5, 0.6) is 0 Å². The normalized spacial score (nSPS) is 11.5. The predicted molar refractivity (Wildman–Crippen MR) is 108 cm³/mol. The van der Waals surface area contributed by atoms with Crippen LogP contribution >= 0.6 is 11.6 Å². The first kappa shape index (κ1) is 19.6. The quantitative estimate of drug-likeness (QED) is 0.494. The van der Waals surface area contributed by atoms with Crippen molar-refractivity contribution in [3.05, 3.63) is 94.3 Å². The molecule has 0 aliphatic carbocycles. The van der Waals surface area contributed by atoms with Gasteiger partial charge in [0.2, 0.25) is 6.10 Å². The van der Waals surface area contributed by atoms with Crippen molar-refractivity contribution in [3.8, 4) is 0 Å². The minimum absolute atomic E-state index is 0.0225. The SMILES string of the molecule is Cc1ccc(C)c(NC(=O)C(OC(=O)c2cccnc2Cl)c2ccccc2)c1. The fraction of sp³-hybridized carbons (Fsp3) is 0.136. The lowest BCUT2D eigenvalue weighted by Gasteiger charge is -2.19. The number of carbonyl (C=O) groups excluding carboxylic acids is 2. The van der Waals surface area contributed by atoms with Crippen molar-refractivity contribution in [1.29, 1.82) is 0 Å². The Morgan fingerprint density at radius 1 is 1.04 bits per heavy atom. The monoisotopic (exact) mass is 394 g/mol. The van der Waals surface area contributed by atoms with Crippen LogP contribution in [-0.2, 0) is 9.53 Å². The van der Waals surface area contributed by atoms with E-state index in [1.54, 1.807) is 30.3 Å². The summed E-state index contributed by atoms with van der Waals surface area (Å²) in [5, 5.41) is 2.88. The van der Waals surface area contributed by atoms with E-state index in [0.29, 0.717) is 11.3 Å². The smallest absolute Gasteiger partial charge is 0.342 e. The molecule has 2 aromatic carbocycles. The lowest BCUT2D eigenvalue weighted by Crippen LogP contribution is -2.26. The standard InChI is InChI=1S/C22H19ClN2O3/c1-14-10-11-15(2)18(13-14)25-21(26)19(16-7-4-3-5-8-16)28-22(27)17-9-6-12-24-20(17)23/h3-13,19H,1-2H3,(H,25,26). The molecule has 6 heteroatoms. The van der Waals surface area contributed by atoms with Gasteiger partial charge in [0.15, 0.2) is 0 Å². The van der Waals surface area contributed by atoms with Gasteiger partial charge in [-0.25, -0.2) is 9.78 Å². The second-order valence-corrected chi connectivity index (χ2v) is 6.70. The molecule has 1 unspecified atom stereocenters. The molecule has 0 fully saturated rings. The number of hydrogen-bond acceptors (Lipinski definition) is 4. The Kier molecular flexibility index (Phi) is 6.06. The Labute approximate surface area is 168 Å². The Morgan fingerprint density at radius 3 is 2.50 bits per heavy atom. The van der Waals surface area contributed by atoms with Gasteiger partial charge < -0.3 is 10.1 Å². The Bertz CT molecular complexity index is 1010. The highest BCUT2D eigenvalue weighted by molar-refractivity contribution is 6.32. The molecule has 0 bridgehead atoms. The third-order valence-corrected chi connectivity index (χ3v) is 4.50. The molecule has 3 rings (SSSR count). The second-order valence-electron chi connectivity index (χ2n) is 6.35. The molecule has 28 heavy (non-hydrogen) atoms. The van der Waals surface area contributed by atoms with E-state index in [1.807, 2.05) is 38.1 Å². The predicted octanol–water partition coefficient (Wildman–Crippen LogP) is 4.89. The lowest BCUT2D eigenvalue weighted by atomic mass is 10.1. The first-order valence-corrected chi connectivity index (χ1v) is 9.08. The number of nitrogens with one attached hydrogen (secondary N) is 1. The minimum atomic E-state index is -1.13. The van der Waals surface area contributed by atoms with Gasteiger partial charge in [-0.2, -0.15) is 0 Å². The summed E-state index contributed by atoms with van der Waals surface area (Å²) in [5.74, 6) is -1.17. The maximum atomic E-state index is 13.0. The zero-order valence-electron chi connectivity index (χ0n) is 15.5. The van der Waals surface area contributed by atoms with E-state index in [-0.39, 0.29) is 10.7 Å². The summed E-state index contributed by atoms with van der Waals surface area (Å²) in [6.07, 6.45) is 0.339. The molecule has 1 N–H and O–H groups in total. The number of benzene rings is 2. The highest BCUT2D eigenvalue weighted by Gasteiger charge is 2.27. The van der Waals surface area contributed by atoms with Crippen molar-refractivity contribution in [1.82, 2.24) is 4.98 Å². The third-order valence-electron chi connectivity index (χ3n) is 4.20. The van der Waals surface area contributed by atoms with Crippen LogP contribution < -0.4 is 5.32 Å². The van der Waals surface area contributed by atoms with Crippen LogP contribution in [0.4, 0.5) is 5.69 Å². The average molecular weight is 395 g/mol. The van der Waals surface area contributed by atoms with E-state index >= 15 is 0 Å². The highest BCUT2D eigenvalue weighted by atomic mass is 35.5. The van der Waals surface area contributed by atoms with Crippen LogP contribution in [0.3, 0.4) is 0 Å². The third kappa shape index (κ3) is 4.56. The van der Waals surface area contributed by atoms with E-state index in [9.17, 15) is 9.59 Å². The number of hydrogen-bond donors (Lipinski definition) is 1. The molecule has 0 aliphatic heterocycles. The van der Waals surface area contributed by atoms with Gasteiger partial charge in [0.05, 0.1) is 5.56 Å². The zero-order chi connectivity index (χ0) is 20.1. The van der Waals surface area contributed by atoms with Gasteiger partial charge in [-0.3, -0.25) is 4.79 Å². The number of pyridine rings is 1. The van der Waals surface area contributed by atoms with Crippen LogP contribution in [-0.4, -0.2) is 16.9 Å². The summed E-state index contributed by atoms with van der Waals surface area (Å²) in [4.78, 5) is 29.5. The summed E-state index contributed by atoms with van der Waals surface area (Å²) >= 11 is 5.98. The number of esters is 1. The zero-order valence-corrected chi connectivity index (χ0v) is 16.2. The molecule has 1 atom stereocenters. The number of aromatic nitrogens is 1. The fourth-order valence-electron chi connectivity index (χ4n) is 2.68. The summed E-state index contributed by atoms with van der Waals surface area (Å²) in [6, 6.07) is 17.7. The van der Waals surface area contributed by atoms with Gasteiger partial charge in [-0.15, -0.1) is 0 Å². The van der Waals surface area contributed by atoms with Crippen molar-refractivity contribution in [2.24, 2.45) is 0 Å². The van der Waals surface area contributed by atoms with Crippen molar-refractivity contribution in [2.75, 3.05) is 5.32 Å². The molecule has 0 radical (unpaired) electrons. The number of halogens is 1. The number of rotatable bonds is 5. The summed E-state index contributed by atoms with van der Waals surface area (Å²) in [7, 11) is 0. The summed E-state index contributed by atoms with van der Waals surface area (Å²) < 4.78 is 5.53. The number of ether oxygens (including phenoxy) is 1. The van der Waals surface area contributed by atoms with Crippen LogP contribution in [0, 0.1) is 13.8 Å². The fourth-order valence-corrected chi connectivity index (χ4v) is 2.87. The molecule has 1 aromatic heterocycles. The molecule has 5 nitrogen and oxygen atoms in total. The maximum absolute atomic E-state index is 13.0. The molecular formula is C22H19ClN2O3. The van der Waals surface area contributed by atoms with E-state index < -0.39 is 18.0 Å². The minimum Gasteiger partial charge on any atom is -0.444 e. The lowest BCUT2D eigenvalue weighted by molar-refractivity contribution is -0.125. The number of anilines is 1. The maximum Gasteiger partial charge on any atom is 0.342 e. The molecule has 1 amide bonds. The second kappa shape index (κ2) is 8.67. The van der Waals surface area contributed by atoms with Crippen molar-refractivity contribution in [3.63, 3.8) is 0 Å². The van der Waals surface area contributed by atoms with Crippen LogP contribution in [0.15, 0.2) is 66.9 Å². The number of aryl methyl sites for hydroxylation is 2. The van der Waals surface area contributed by atoms with Crippen LogP contribution in [0.25, 0.3) is 0 Å². The van der Waals surface area contributed by atoms with E-state index in [1.165, 1.54) is 12.3 Å². The highest BCUT2D eigenvalue weighted by Crippen LogP contribution is 2.24. The Balaban J connectivity index is 1.89. The van der Waals surface area contributed by atoms with Crippen molar-refractivity contribution < 1.29 is 14.3 Å². The molecule has 3 aromatic rings. The van der Waals surface area contributed by atoms with Crippen LogP contribution in [0.1, 0.15) is 33.2 Å². The first-order chi connectivity index (χ1) is 13.5. The molecule has 0 saturated heterocycles. The van der Waals surface area contributed by atoms with E-state index in [2.05, 4.69) is 10.3 Å². The van der Waals surface area contributed by atoms with Gasteiger partial charge in [0.1, 0.15) is 5.15 Å². The van der Waals surface area contributed by atoms with Gasteiger partial charge >= 0.3 is 5.97 Å². The van der Waals surface area contributed by atoms with Crippen molar-refractivity contribution in [2.45, 2.75) is 20.0 Å². The first-order valence-electron chi connectivity index (χ1n) is 8.70. The van der Waals surface area contributed by atoms with Gasteiger partial charge in [-0.1, -0.05) is 54.1 Å². The Morgan fingerprint density at radius 2 is 1.79 bits per heavy atom. The molecule has 1 heterocycles. The summed E-state index contributed by atoms with van der Waals surface area (Å²) in [6.45, 7) is 3.84. The molecule has 0 aliphatic rings. The Hall–Kier alpha value is -3.18. The van der Waals surface area contributed by atoms with Crippen molar-refractivity contribution >= 4 is 29.2 Å². The topological polar surface area (TPSA) is 68.3 Å². The van der Waals surface area contributed by atoms with E-state index in [4.69, 9.17) is 16.3 Å². The number of amides is 1. The number of carbonyl (C=O) groups is 2. The van der Waals surface area contributed by atoms with Crippen LogP contribution in [0.2, 0.25) is 5.15 Å². The molecular weight excluding hydrogens is 376 g/mol. The van der Waals surface area contributed by atoms with Gasteiger partial charge in [0.25, 0.3) is 5.91 Å². The summed E-state index contributed by atoms with van der Waals surface area (Å²) in [5.41, 5.74) is 3.24. The van der Waals surface area contributed by atoms with E-state index in [0.717, 1.165) is 11.1 Å². The molecule has 0 saturated carbocycles. The van der Waals surface area contributed by atoms with Gasteiger partial charge in [0, 0.05) is 17.4 Å². The molecule has 0 spiro atoms. The molecule has 142 valence electrons. The number of nitrogens with zero attached hydrogens (tertiary/aromatic N) is 1. The van der Waals surface area contributed by atoms with Gasteiger partial charge in [-0.05, 0) is 43.2 Å².